The van der Waals surface area contributed by atoms with Gasteiger partial charge in [-0.2, -0.15) is 0 Å². The normalized spacial score (nSPS) is 27.6. The lowest BCUT2D eigenvalue weighted by Crippen LogP contribution is -2.23. The summed E-state index contributed by atoms with van der Waals surface area (Å²) in [5.41, 5.74) is 0. The molecular weight excluding hydrogens is 196 g/mol. The highest BCUT2D eigenvalue weighted by Crippen LogP contribution is 2.06. The van der Waals surface area contributed by atoms with Gasteiger partial charge in [0.25, 0.3) is 0 Å². The van der Waals surface area contributed by atoms with Crippen molar-refractivity contribution in [1.82, 2.24) is 0 Å². The van der Waals surface area contributed by atoms with Crippen LogP contribution in [0.15, 0.2) is 0 Å². The van der Waals surface area contributed by atoms with E-state index in [1.54, 1.807) is 0 Å². The number of unbranched alkanes of at least 4 members (excludes halogenated alkanes) is 2. The average molecular weight is 218 g/mol. The molecule has 1 saturated heterocycles. The maximum absolute atomic E-state index is 5.48. The van der Waals surface area contributed by atoms with E-state index >= 15 is 0 Å². The Labute approximate surface area is 91.8 Å². The van der Waals surface area contributed by atoms with Gasteiger partial charge in [-0.15, -0.1) is 0 Å². The van der Waals surface area contributed by atoms with Crippen LogP contribution in [-0.4, -0.2) is 38.6 Å². The fourth-order valence-corrected chi connectivity index (χ4v) is 1.34. The van der Waals surface area contributed by atoms with Gasteiger partial charge < -0.3 is 9.47 Å². The Bertz CT molecular complexity index is 152. The summed E-state index contributed by atoms with van der Waals surface area (Å²) in [6.07, 6.45) is 3.47. The third kappa shape index (κ3) is 6.10. The van der Waals surface area contributed by atoms with Gasteiger partial charge in [-0.1, -0.05) is 19.8 Å². The van der Waals surface area contributed by atoms with Crippen LogP contribution < -0.4 is 0 Å². The van der Waals surface area contributed by atoms with E-state index in [4.69, 9.17) is 19.2 Å². The number of hydrogen-bond donors (Lipinski definition) is 0. The molecular formula is C11H22O4. The van der Waals surface area contributed by atoms with Gasteiger partial charge in [0.05, 0.1) is 19.8 Å². The van der Waals surface area contributed by atoms with Gasteiger partial charge in [0.1, 0.15) is 12.2 Å². The van der Waals surface area contributed by atoms with Crippen molar-refractivity contribution in [3.8, 4) is 0 Å². The van der Waals surface area contributed by atoms with Crippen molar-refractivity contribution in [2.45, 2.75) is 45.3 Å². The number of hydrogen-bond acceptors (Lipinski definition) is 4. The van der Waals surface area contributed by atoms with Gasteiger partial charge >= 0.3 is 0 Å². The van der Waals surface area contributed by atoms with E-state index in [-0.39, 0.29) is 12.2 Å². The standard InChI is InChI=1S/C11H22O4/c1-3-4-5-6-12-8-11-9-13-7-10(2)14-15-11/h10-11H,3-9H2,1-2H3. The van der Waals surface area contributed by atoms with Crippen molar-refractivity contribution in [1.29, 1.82) is 0 Å². The minimum Gasteiger partial charge on any atom is -0.379 e. The lowest BCUT2D eigenvalue weighted by molar-refractivity contribution is -0.342. The van der Waals surface area contributed by atoms with Crippen molar-refractivity contribution < 1.29 is 19.2 Å². The van der Waals surface area contributed by atoms with E-state index in [0.717, 1.165) is 13.0 Å². The third-order valence-corrected chi connectivity index (χ3v) is 2.21. The van der Waals surface area contributed by atoms with Crippen LogP contribution in [0.1, 0.15) is 33.1 Å². The third-order valence-electron chi connectivity index (χ3n) is 2.21. The van der Waals surface area contributed by atoms with Gasteiger partial charge in [-0.05, 0) is 13.3 Å². The molecule has 2 atom stereocenters. The first-order chi connectivity index (χ1) is 7.33. The second kappa shape index (κ2) is 8.05. The summed E-state index contributed by atoms with van der Waals surface area (Å²) in [5, 5.41) is 0. The lowest BCUT2D eigenvalue weighted by Gasteiger charge is -2.13. The highest BCUT2D eigenvalue weighted by atomic mass is 17.2. The Morgan fingerprint density at radius 3 is 2.87 bits per heavy atom. The Kier molecular flexibility index (Phi) is 6.92. The molecule has 0 aromatic carbocycles. The zero-order valence-corrected chi connectivity index (χ0v) is 9.74. The predicted molar refractivity (Wildman–Crippen MR) is 56.6 cm³/mol. The van der Waals surface area contributed by atoms with Gasteiger partial charge in [0.15, 0.2) is 0 Å². The van der Waals surface area contributed by atoms with Gasteiger partial charge in [-0.3, -0.25) is 0 Å². The van der Waals surface area contributed by atoms with Crippen molar-refractivity contribution in [2.75, 3.05) is 26.4 Å². The molecule has 1 aliphatic rings. The largest absolute Gasteiger partial charge is 0.379 e. The maximum atomic E-state index is 5.48. The highest BCUT2D eigenvalue weighted by Gasteiger charge is 2.18. The van der Waals surface area contributed by atoms with E-state index in [9.17, 15) is 0 Å². The second-order valence-electron chi connectivity index (χ2n) is 3.94. The molecule has 4 nitrogen and oxygen atoms in total. The van der Waals surface area contributed by atoms with Crippen LogP contribution in [0.25, 0.3) is 0 Å². The van der Waals surface area contributed by atoms with Crippen LogP contribution >= 0.6 is 0 Å². The Balaban J connectivity index is 2.00. The quantitative estimate of drug-likeness (QED) is 0.504. The molecule has 0 amide bonds. The van der Waals surface area contributed by atoms with Crippen LogP contribution in [0.3, 0.4) is 0 Å². The predicted octanol–water partition coefficient (Wildman–Crippen LogP) is 1.93. The zero-order valence-electron chi connectivity index (χ0n) is 9.74. The first-order valence-corrected chi connectivity index (χ1v) is 5.80. The summed E-state index contributed by atoms with van der Waals surface area (Å²) in [5.74, 6) is 0. The Hall–Kier alpha value is -0.160. The molecule has 0 radical (unpaired) electrons. The van der Waals surface area contributed by atoms with Crippen molar-refractivity contribution >= 4 is 0 Å². The summed E-state index contributed by atoms with van der Waals surface area (Å²) in [6.45, 7) is 6.59. The highest BCUT2D eigenvalue weighted by molar-refractivity contribution is 4.57. The molecule has 1 rings (SSSR count). The molecule has 1 fully saturated rings. The van der Waals surface area contributed by atoms with Crippen LogP contribution in [0, 0.1) is 0 Å². The Morgan fingerprint density at radius 2 is 2.07 bits per heavy atom. The minimum atomic E-state index is -0.0865. The SMILES string of the molecule is CCCCCOCC1COCC(C)OO1. The van der Waals surface area contributed by atoms with E-state index in [1.165, 1.54) is 12.8 Å². The van der Waals surface area contributed by atoms with Gasteiger partial charge in [-0.25, -0.2) is 9.78 Å². The fraction of sp³-hybridized carbons (Fsp3) is 1.00. The molecule has 4 heteroatoms. The molecule has 15 heavy (non-hydrogen) atoms. The molecule has 2 unspecified atom stereocenters. The zero-order chi connectivity index (χ0) is 10.9. The van der Waals surface area contributed by atoms with Crippen LogP contribution in [0.5, 0.6) is 0 Å². The molecule has 90 valence electrons. The molecule has 0 aromatic rings. The van der Waals surface area contributed by atoms with Crippen molar-refractivity contribution in [3.63, 3.8) is 0 Å². The lowest BCUT2D eigenvalue weighted by atomic mass is 10.3. The molecule has 0 aliphatic carbocycles. The molecule has 1 aliphatic heterocycles. The molecule has 0 saturated carbocycles. The molecule has 0 spiro atoms. The minimum absolute atomic E-state index is 0.00934. The maximum Gasteiger partial charge on any atom is 0.139 e. The van der Waals surface area contributed by atoms with Crippen LogP contribution in [-0.2, 0) is 19.2 Å². The van der Waals surface area contributed by atoms with E-state index < -0.39 is 0 Å². The summed E-state index contributed by atoms with van der Waals surface area (Å²) in [6, 6.07) is 0. The van der Waals surface area contributed by atoms with Gasteiger partial charge in [0.2, 0.25) is 0 Å². The van der Waals surface area contributed by atoms with E-state index in [2.05, 4.69) is 6.92 Å². The van der Waals surface area contributed by atoms with Crippen molar-refractivity contribution in [2.24, 2.45) is 0 Å². The second-order valence-corrected chi connectivity index (χ2v) is 3.94. The smallest absolute Gasteiger partial charge is 0.139 e. The summed E-state index contributed by atoms with van der Waals surface area (Å²) >= 11 is 0. The molecule has 1 heterocycles. The fourth-order valence-electron chi connectivity index (χ4n) is 1.34. The first-order valence-electron chi connectivity index (χ1n) is 5.80. The molecule has 0 aromatic heterocycles. The van der Waals surface area contributed by atoms with Crippen LogP contribution in [0.2, 0.25) is 0 Å². The molecule has 0 bridgehead atoms. The number of rotatable bonds is 6. The number of ether oxygens (including phenoxy) is 2. The van der Waals surface area contributed by atoms with Crippen molar-refractivity contribution in [3.05, 3.63) is 0 Å². The first kappa shape index (κ1) is 12.9. The average Bonchev–Trinajstić information content (AvgIpc) is 2.43. The van der Waals surface area contributed by atoms with Crippen LogP contribution in [0.4, 0.5) is 0 Å². The summed E-state index contributed by atoms with van der Waals surface area (Å²) in [7, 11) is 0. The van der Waals surface area contributed by atoms with Gasteiger partial charge in [0, 0.05) is 6.61 Å². The summed E-state index contributed by atoms with van der Waals surface area (Å²) < 4.78 is 10.8. The summed E-state index contributed by atoms with van der Waals surface area (Å²) in [4.78, 5) is 10.3. The molecule has 0 N–H and O–H groups in total. The van der Waals surface area contributed by atoms with E-state index in [1.807, 2.05) is 6.92 Å². The monoisotopic (exact) mass is 218 g/mol. The Morgan fingerprint density at radius 1 is 1.20 bits per heavy atom. The topological polar surface area (TPSA) is 36.9 Å². The van der Waals surface area contributed by atoms with E-state index in [0.29, 0.717) is 19.8 Å².